The number of carbonyl (C=O) groups is 1. The smallest absolute Gasteiger partial charge is 0.417 e. The molecule has 1 heterocycles. The molecule has 130 valence electrons. The van der Waals surface area contributed by atoms with Gasteiger partial charge in [0.1, 0.15) is 16.8 Å². The summed E-state index contributed by atoms with van der Waals surface area (Å²) >= 11 is 0.694. The standard InChI is InChI=1S/C16H12F3N3O2S/c1-24-10-4-2-9(3-5-10)13-6-12(16(17,18)19)11(7-20)15(22-13)25-8-14(21)23/h2-6H,8H2,1H3,(H2,21,23). The molecule has 0 saturated carbocycles. The number of hydrogen-bond acceptors (Lipinski definition) is 5. The second-order valence-electron chi connectivity index (χ2n) is 4.83. The molecule has 25 heavy (non-hydrogen) atoms. The molecule has 0 saturated heterocycles. The van der Waals surface area contributed by atoms with Crippen LogP contribution in [0.3, 0.4) is 0 Å². The van der Waals surface area contributed by atoms with Gasteiger partial charge in [0.2, 0.25) is 5.91 Å². The second-order valence-corrected chi connectivity index (χ2v) is 5.79. The fraction of sp³-hybridized carbons (Fsp3) is 0.188. The summed E-state index contributed by atoms with van der Waals surface area (Å²) in [4.78, 5) is 15.0. The van der Waals surface area contributed by atoms with Crippen LogP contribution in [0, 0.1) is 11.3 Å². The summed E-state index contributed by atoms with van der Waals surface area (Å²) in [7, 11) is 1.47. The van der Waals surface area contributed by atoms with Crippen molar-refractivity contribution >= 4 is 17.7 Å². The predicted octanol–water partition coefficient (Wildman–Crippen LogP) is 3.23. The van der Waals surface area contributed by atoms with Crippen LogP contribution >= 0.6 is 11.8 Å². The summed E-state index contributed by atoms with van der Waals surface area (Å²) in [5.41, 5.74) is 3.74. The van der Waals surface area contributed by atoms with E-state index in [4.69, 9.17) is 15.7 Å². The van der Waals surface area contributed by atoms with Crippen molar-refractivity contribution in [3.8, 4) is 23.1 Å². The van der Waals surface area contributed by atoms with Crippen LogP contribution in [0.15, 0.2) is 35.4 Å². The first-order chi connectivity index (χ1) is 11.8. The molecule has 0 aliphatic rings. The second kappa shape index (κ2) is 7.44. The van der Waals surface area contributed by atoms with E-state index in [1.807, 2.05) is 0 Å². The van der Waals surface area contributed by atoms with E-state index in [2.05, 4.69) is 4.98 Å². The van der Waals surface area contributed by atoms with Gasteiger partial charge in [0.05, 0.1) is 29.7 Å². The van der Waals surface area contributed by atoms with E-state index in [0.29, 0.717) is 23.1 Å². The van der Waals surface area contributed by atoms with Gasteiger partial charge in [-0.15, -0.1) is 0 Å². The number of ether oxygens (including phenoxy) is 1. The molecule has 0 aliphatic heterocycles. The minimum absolute atomic E-state index is 0.0287. The van der Waals surface area contributed by atoms with E-state index in [-0.39, 0.29) is 16.5 Å². The number of aromatic nitrogens is 1. The molecule has 0 radical (unpaired) electrons. The molecule has 2 N–H and O–H groups in total. The summed E-state index contributed by atoms with van der Waals surface area (Å²) in [5, 5.41) is 8.93. The van der Waals surface area contributed by atoms with E-state index in [9.17, 15) is 18.0 Å². The fourth-order valence-electron chi connectivity index (χ4n) is 2.01. The average Bonchev–Trinajstić information content (AvgIpc) is 2.58. The minimum atomic E-state index is -4.74. The van der Waals surface area contributed by atoms with Crippen LogP contribution in [0.4, 0.5) is 13.2 Å². The third kappa shape index (κ3) is 4.42. The number of alkyl halides is 3. The number of primary amides is 1. The Bertz CT molecular complexity index is 830. The molecule has 0 atom stereocenters. The molecule has 0 spiro atoms. The molecule has 0 unspecified atom stereocenters. The van der Waals surface area contributed by atoms with Crippen LogP contribution in [-0.4, -0.2) is 23.8 Å². The van der Waals surface area contributed by atoms with Crippen molar-refractivity contribution in [3.63, 3.8) is 0 Å². The molecular formula is C16H12F3N3O2S. The zero-order chi connectivity index (χ0) is 18.6. The van der Waals surface area contributed by atoms with Gasteiger partial charge in [-0.3, -0.25) is 4.79 Å². The molecule has 0 bridgehead atoms. The lowest BCUT2D eigenvalue weighted by atomic mass is 10.1. The summed E-state index contributed by atoms with van der Waals surface area (Å²) in [6, 6.07) is 8.60. The Balaban J connectivity index is 2.61. The third-order valence-electron chi connectivity index (χ3n) is 3.14. The number of rotatable bonds is 5. The first-order valence-corrected chi connectivity index (χ1v) is 7.82. The number of nitriles is 1. The number of benzene rings is 1. The van der Waals surface area contributed by atoms with E-state index in [0.717, 1.165) is 6.07 Å². The number of amides is 1. The van der Waals surface area contributed by atoms with E-state index in [1.54, 1.807) is 24.3 Å². The number of pyridine rings is 1. The van der Waals surface area contributed by atoms with Crippen molar-refractivity contribution in [1.82, 2.24) is 4.98 Å². The molecule has 1 aromatic heterocycles. The van der Waals surface area contributed by atoms with Gasteiger partial charge in [-0.2, -0.15) is 18.4 Å². The van der Waals surface area contributed by atoms with Crippen molar-refractivity contribution in [2.45, 2.75) is 11.2 Å². The van der Waals surface area contributed by atoms with Gasteiger partial charge in [0.25, 0.3) is 0 Å². The van der Waals surface area contributed by atoms with Crippen LogP contribution in [0.2, 0.25) is 0 Å². The number of hydrogen-bond donors (Lipinski definition) is 1. The summed E-state index contributed by atoms with van der Waals surface area (Å²) in [6.07, 6.45) is -4.74. The number of carbonyl (C=O) groups excluding carboxylic acids is 1. The van der Waals surface area contributed by atoms with Crippen LogP contribution in [0.25, 0.3) is 11.3 Å². The highest BCUT2D eigenvalue weighted by molar-refractivity contribution is 8.00. The maximum Gasteiger partial charge on any atom is 0.417 e. The number of thioether (sulfide) groups is 1. The summed E-state index contributed by atoms with van der Waals surface area (Å²) < 4.78 is 45.0. The zero-order valence-corrected chi connectivity index (χ0v) is 13.7. The van der Waals surface area contributed by atoms with Gasteiger partial charge < -0.3 is 10.5 Å². The Hall–Kier alpha value is -2.73. The lowest BCUT2D eigenvalue weighted by Gasteiger charge is -2.14. The van der Waals surface area contributed by atoms with Crippen LogP contribution in [0.5, 0.6) is 5.75 Å². The lowest BCUT2D eigenvalue weighted by molar-refractivity contribution is -0.138. The first-order valence-electron chi connectivity index (χ1n) is 6.84. The monoisotopic (exact) mass is 367 g/mol. The van der Waals surface area contributed by atoms with E-state index in [1.165, 1.54) is 13.2 Å². The Labute approximate surface area is 145 Å². The molecule has 2 aromatic rings. The zero-order valence-electron chi connectivity index (χ0n) is 12.9. The summed E-state index contributed by atoms with van der Waals surface area (Å²) in [6.45, 7) is 0. The Morgan fingerprint density at radius 3 is 2.48 bits per heavy atom. The quantitative estimate of drug-likeness (QED) is 0.820. The molecule has 1 amide bonds. The molecule has 0 fully saturated rings. The highest BCUT2D eigenvalue weighted by atomic mass is 32.2. The first kappa shape index (κ1) is 18.6. The number of nitrogens with two attached hydrogens (primary N) is 1. The van der Waals surface area contributed by atoms with E-state index < -0.39 is 23.2 Å². The van der Waals surface area contributed by atoms with Crippen molar-refractivity contribution in [1.29, 1.82) is 5.26 Å². The predicted molar refractivity (Wildman–Crippen MR) is 85.9 cm³/mol. The van der Waals surface area contributed by atoms with E-state index >= 15 is 0 Å². The molecule has 0 aliphatic carbocycles. The number of nitrogens with zero attached hydrogens (tertiary/aromatic N) is 2. The van der Waals surface area contributed by atoms with Crippen molar-refractivity contribution in [2.24, 2.45) is 5.73 Å². The topological polar surface area (TPSA) is 89.0 Å². The Kier molecular flexibility index (Phi) is 5.54. The maximum atomic E-state index is 13.3. The lowest BCUT2D eigenvalue weighted by Crippen LogP contribution is -2.14. The van der Waals surface area contributed by atoms with Crippen molar-refractivity contribution < 1.29 is 22.7 Å². The normalized spacial score (nSPS) is 11.0. The minimum Gasteiger partial charge on any atom is -0.497 e. The Morgan fingerprint density at radius 2 is 2.00 bits per heavy atom. The number of methoxy groups -OCH3 is 1. The van der Waals surface area contributed by atoms with Crippen molar-refractivity contribution in [3.05, 3.63) is 41.5 Å². The van der Waals surface area contributed by atoms with Gasteiger partial charge in [-0.05, 0) is 30.3 Å². The fourth-order valence-corrected chi connectivity index (χ4v) is 2.75. The van der Waals surface area contributed by atoms with Gasteiger partial charge in [-0.1, -0.05) is 11.8 Å². The molecule has 5 nitrogen and oxygen atoms in total. The van der Waals surface area contributed by atoms with Crippen LogP contribution < -0.4 is 10.5 Å². The van der Waals surface area contributed by atoms with Crippen LogP contribution in [0.1, 0.15) is 11.1 Å². The summed E-state index contributed by atoms with van der Waals surface area (Å²) in [5.74, 6) is -0.471. The van der Waals surface area contributed by atoms with Gasteiger partial charge >= 0.3 is 6.18 Å². The maximum absolute atomic E-state index is 13.3. The molecule has 1 aromatic carbocycles. The molecule has 9 heteroatoms. The number of halogens is 3. The van der Waals surface area contributed by atoms with Gasteiger partial charge in [0, 0.05) is 5.56 Å². The van der Waals surface area contributed by atoms with Crippen LogP contribution in [-0.2, 0) is 11.0 Å². The third-order valence-corrected chi connectivity index (χ3v) is 4.14. The van der Waals surface area contributed by atoms with Gasteiger partial charge in [-0.25, -0.2) is 4.98 Å². The highest BCUT2D eigenvalue weighted by Gasteiger charge is 2.36. The van der Waals surface area contributed by atoms with Crippen molar-refractivity contribution in [2.75, 3.05) is 12.9 Å². The Morgan fingerprint density at radius 1 is 1.36 bits per heavy atom. The SMILES string of the molecule is COc1ccc(-c2cc(C(F)(F)F)c(C#N)c(SCC(N)=O)n2)cc1. The molecular weight excluding hydrogens is 355 g/mol. The highest BCUT2D eigenvalue weighted by Crippen LogP contribution is 2.38. The molecule has 2 rings (SSSR count). The van der Waals surface area contributed by atoms with Gasteiger partial charge in [0.15, 0.2) is 0 Å². The average molecular weight is 367 g/mol. The largest absolute Gasteiger partial charge is 0.497 e.